The molecule has 172 valence electrons. The van der Waals surface area contributed by atoms with E-state index in [2.05, 4.69) is 72.2 Å². The molecule has 0 saturated heterocycles. The van der Waals surface area contributed by atoms with Gasteiger partial charge in [-0.1, -0.05) is 119 Å². The van der Waals surface area contributed by atoms with E-state index in [-0.39, 0.29) is 5.41 Å². The Labute approximate surface area is 212 Å². The molecule has 1 aliphatic rings. The van der Waals surface area contributed by atoms with E-state index in [0.29, 0.717) is 0 Å². The smallest absolute Gasteiger partial charge is 0.322 e. The predicted octanol–water partition coefficient (Wildman–Crippen LogP) is 7.75. The van der Waals surface area contributed by atoms with Crippen molar-refractivity contribution in [3.8, 4) is 11.1 Å². The van der Waals surface area contributed by atoms with Gasteiger partial charge in [0.15, 0.2) is 0 Å². The summed E-state index contributed by atoms with van der Waals surface area (Å²) in [5, 5.41) is 0. The number of hydrogen-bond donors (Lipinski definition) is 0. The van der Waals surface area contributed by atoms with Gasteiger partial charge in [0, 0.05) is 9.89 Å². The molecular formula is C31H31BBrF. The quantitative estimate of drug-likeness (QED) is 0.241. The van der Waals surface area contributed by atoms with Crippen LogP contribution in [0.5, 0.6) is 0 Å². The Morgan fingerprint density at radius 1 is 0.618 bits per heavy atom. The first kappa shape index (κ1) is 24.5. The average Bonchev–Trinajstić information content (AvgIpc) is 3.01. The fourth-order valence-electron chi connectivity index (χ4n) is 5.29. The van der Waals surface area contributed by atoms with Crippen LogP contribution in [-0.4, -0.2) is 6.99 Å². The molecule has 5 rings (SSSR count). The maximum Gasteiger partial charge on any atom is 0.414 e. The van der Waals surface area contributed by atoms with Crippen molar-refractivity contribution in [1.29, 1.82) is 0 Å². The highest BCUT2D eigenvalue weighted by Crippen LogP contribution is 2.48. The van der Waals surface area contributed by atoms with Gasteiger partial charge in [0.2, 0.25) is 0 Å². The fraction of sp³-hybridized carbons (Fsp3) is 0.226. The highest BCUT2D eigenvalue weighted by atomic mass is 79.9. The Balaban J connectivity index is 0.000000162. The lowest BCUT2D eigenvalue weighted by Gasteiger charge is -2.21. The van der Waals surface area contributed by atoms with Gasteiger partial charge in [0.05, 0.1) is 0 Å². The van der Waals surface area contributed by atoms with Crippen molar-refractivity contribution in [2.75, 3.05) is 0 Å². The lowest BCUT2D eigenvalue weighted by Crippen LogP contribution is -2.43. The molecule has 4 aromatic rings. The van der Waals surface area contributed by atoms with Crippen molar-refractivity contribution in [2.24, 2.45) is 0 Å². The Kier molecular flexibility index (Phi) is 6.87. The molecule has 0 radical (unpaired) electrons. The molecule has 3 heteroatoms. The summed E-state index contributed by atoms with van der Waals surface area (Å²) in [7, 11) is 0. The number of aryl methyl sites for hydroxylation is 4. The minimum absolute atomic E-state index is 0.132. The van der Waals surface area contributed by atoms with E-state index in [1.54, 1.807) is 0 Å². The lowest BCUT2D eigenvalue weighted by molar-refractivity contribution is 0.660. The number of fused-ring (bicyclic) bond motifs is 3. The molecule has 0 fully saturated rings. The van der Waals surface area contributed by atoms with Crippen LogP contribution < -0.4 is 10.9 Å². The molecule has 0 heterocycles. The van der Waals surface area contributed by atoms with Gasteiger partial charge in [-0.2, -0.15) is 0 Å². The fourth-order valence-corrected chi connectivity index (χ4v) is 5.65. The third kappa shape index (κ3) is 4.39. The maximum absolute atomic E-state index is 14.9. The highest BCUT2D eigenvalue weighted by Gasteiger charge is 2.34. The van der Waals surface area contributed by atoms with Crippen LogP contribution in [0.25, 0.3) is 11.1 Å². The minimum atomic E-state index is -1.03. The van der Waals surface area contributed by atoms with Crippen molar-refractivity contribution in [2.45, 2.75) is 47.0 Å². The summed E-state index contributed by atoms with van der Waals surface area (Å²) in [4.78, 5) is 0. The molecule has 0 aliphatic heterocycles. The third-order valence-corrected chi connectivity index (χ3v) is 7.63. The summed E-state index contributed by atoms with van der Waals surface area (Å²) >= 11 is 3.55. The molecular weight excluding hydrogens is 482 g/mol. The Hall–Kier alpha value is -2.65. The molecule has 0 saturated carbocycles. The van der Waals surface area contributed by atoms with Gasteiger partial charge >= 0.3 is 6.99 Å². The van der Waals surface area contributed by atoms with Crippen LogP contribution in [-0.2, 0) is 5.41 Å². The number of halogens is 2. The number of benzene rings is 4. The van der Waals surface area contributed by atoms with Crippen molar-refractivity contribution in [3.05, 3.63) is 117 Å². The summed E-state index contributed by atoms with van der Waals surface area (Å²) in [6.45, 7) is 11.5. The van der Waals surface area contributed by atoms with Gasteiger partial charge in [-0.15, -0.1) is 0 Å². The van der Waals surface area contributed by atoms with Crippen LogP contribution in [0.4, 0.5) is 4.32 Å². The van der Waals surface area contributed by atoms with Crippen molar-refractivity contribution >= 4 is 33.8 Å². The Morgan fingerprint density at radius 3 is 1.62 bits per heavy atom. The predicted molar refractivity (Wildman–Crippen MR) is 150 cm³/mol. The SMILES string of the molecule is CC1(C)c2ccccc2-c2cc(Br)ccc21.Cc1cccc(C)c1B(F)c1c(C)cccc1C. The first-order valence-electron chi connectivity index (χ1n) is 11.8. The molecule has 0 spiro atoms. The van der Waals surface area contributed by atoms with Gasteiger partial charge < -0.3 is 4.32 Å². The van der Waals surface area contributed by atoms with Gasteiger partial charge in [-0.05, 0) is 73.0 Å². The topological polar surface area (TPSA) is 0 Å². The van der Waals surface area contributed by atoms with Gasteiger partial charge in [0.1, 0.15) is 0 Å². The normalized spacial score (nSPS) is 12.9. The second-order valence-corrected chi connectivity index (χ2v) is 10.7. The second-order valence-electron chi connectivity index (χ2n) is 9.83. The van der Waals surface area contributed by atoms with Crippen molar-refractivity contribution in [3.63, 3.8) is 0 Å². The van der Waals surface area contributed by atoms with Gasteiger partial charge in [-0.3, -0.25) is 0 Å². The molecule has 0 nitrogen and oxygen atoms in total. The van der Waals surface area contributed by atoms with Crippen LogP contribution >= 0.6 is 15.9 Å². The lowest BCUT2D eigenvalue weighted by atomic mass is 9.54. The molecule has 1 aliphatic carbocycles. The van der Waals surface area contributed by atoms with Gasteiger partial charge in [-0.25, -0.2) is 0 Å². The van der Waals surface area contributed by atoms with Crippen molar-refractivity contribution in [1.82, 2.24) is 0 Å². The summed E-state index contributed by atoms with van der Waals surface area (Å²) in [5.41, 5.74) is 11.4. The van der Waals surface area contributed by atoms with E-state index in [4.69, 9.17) is 0 Å². The van der Waals surface area contributed by atoms with Crippen molar-refractivity contribution < 1.29 is 4.32 Å². The molecule has 0 N–H and O–H groups in total. The van der Waals surface area contributed by atoms with Crippen LogP contribution in [0.15, 0.2) is 83.3 Å². The van der Waals surface area contributed by atoms with E-state index < -0.39 is 6.99 Å². The summed E-state index contributed by atoms with van der Waals surface area (Å²) in [5.74, 6) is 0. The first-order valence-corrected chi connectivity index (χ1v) is 12.6. The Bertz CT molecular complexity index is 1260. The van der Waals surface area contributed by atoms with Crippen LogP contribution in [0.2, 0.25) is 0 Å². The minimum Gasteiger partial charge on any atom is -0.322 e. The second kappa shape index (κ2) is 9.54. The van der Waals surface area contributed by atoms with E-state index in [9.17, 15) is 4.32 Å². The van der Waals surface area contributed by atoms with E-state index in [0.717, 1.165) is 37.7 Å². The summed E-state index contributed by atoms with van der Waals surface area (Å²) in [6, 6.07) is 27.1. The van der Waals surface area contributed by atoms with E-state index >= 15 is 0 Å². The average molecular weight is 513 g/mol. The zero-order chi connectivity index (χ0) is 24.6. The zero-order valence-electron chi connectivity index (χ0n) is 20.8. The molecule has 4 aromatic carbocycles. The molecule has 0 aromatic heterocycles. The monoisotopic (exact) mass is 512 g/mol. The summed E-state index contributed by atoms with van der Waals surface area (Å²) < 4.78 is 16.1. The Morgan fingerprint density at radius 2 is 1.09 bits per heavy atom. The third-order valence-electron chi connectivity index (χ3n) is 7.14. The first-order chi connectivity index (χ1) is 16.1. The molecule has 34 heavy (non-hydrogen) atoms. The van der Waals surface area contributed by atoms with Crippen LogP contribution in [0.3, 0.4) is 0 Å². The molecule has 0 amide bonds. The standard InChI is InChI=1S/C16H18BF.C15H13Br/c1-11-7-5-8-12(2)15(11)17(18)16-13(3)9-6-10-14(16)4;1-15(2)13-6-4-3-5-11(13)12-9-10(16)7-8-14(12)15/h5-10H,1-4H3;3-9H,1-2H3. The van der Waals surface area contributed by atoms with Gasteiger partial charge in [0.25, 0.3) is 0 Å². The highest BCUT2D eigenvalue weighted by molar-refractivity contribution is 9.10. The zero-order valence-corrected chi connectivity index (χ0v) is 22.4. The van der Waals surface area contributed by atoms with Crippen LogP contribution in [0.1, 0.15) is 47.2 Å². The van der Waals surface area contributed by atoms with Crippen LogP contribution in [0, 0.1) is 27.7 Å². The number of rotatable bonds is 2. The summed E-state index contributed by atoms with van der Waals surface area (Å²) in [6.07, 6.45) is 0. The molecule has 0 atom stereocenters. The molecule has 0 unspecified atom stereocenters. The maximum atomic E-state index is 14.9. The van der Waals surface area contributed by atoms with E-state index in [1.165, 1.54) is 22.3 Å². The number of hydrogen-bond acceptors (Lipinski definition) is 0. The van der Waals surface area contributed by atoms with E-state index in [1.807, 2.05) is 64.1 Å². The molecule has 0 bridgehead atoms. The largest absolute Gasteiger partial charge is 0.414 e.